The molecule has 0 aliphatic rings. The Labute approximate surface area is 216 Å². The van der Waals surface area contributed by atoms with Crippen molar-refractivity contribution in [3.63, 3.8) is 0 Å². The van der Waals surface area contributed by atoms with E-state index in [0.717, 1.165) is 40.3 Å². The number of amides is 1. The average molecular weight is 596 g/mol. The molecule has 5 aromatic rings. The number of anilines is 1. The summed E-state index contributed by atoms with van der Waals surface area (Å²) in [5.41, 5.74) is -1.80. The summed E-state index contributed by atoms with van der Waals surface area (Å²) in [5.74, 6) is -2.82. The first kappa shape index (κ1) is 24.8. The minimum atomic E-state index is -4.97. The fraction of sp³-hybridized carbons (Fsp3) is 0.0435. The normalized spacial score (nSPS) is 11.6. The number of benzene rings is 2. The van der Waals surface area contributed by atoms with Crippen molar-refractivity contribution in [3.05, 3.63) is 87.7 Å². The fourth-order valence-corrected chi connectivity index (χ4v) is 4.87. The van der Waals surface area contributed by atoms with Gasteiger partial charge in [0, 0.05) is 11.8 Å². The van der Waals surface area contributed by atoms with Crippen molar-refractivity contribution in [2.24, 2.45) is 0 Å². The largest absolute Gasteiger partial charge is 0.434 e. The molecule has 0 saturated carbocycles. The lowest BCUT2D eigenvalue weighted by atomic mass is 10.2. The van der Waals surface area contributed by atoms with Gasteiger partial charge in [0.2, 0.25) is 5.88 Å². The van der Waals surface area contributed by atoms with Crippen LogP contribution in [0.2, 0.25) is 0 Å². The van der Waals surface area contributed by atoms with Crippen LogP contribution in [0.4, 0.5) is 27.6 Å². The molecule has 0 fully saturated rings. The van der Waals surface area contributed by atoms with Crippen LogP contribution >= 0.6 is 27.3 Å². The van der Waals surface area contributed by atoms with Gasteiger partial charge in [-0.15, -0.1) is 11.3 Å². The molecule has 188 valence electrons. The van der Waals surface area contributed by atoms with Gasteiger partial charge >= 0.3 is 6.18 Å². The summed E-state index contributed by atoms with van der Waals surface area (Å²) in [5, 5.41) is 5.89. The van der Waals surface area contributed by atoms with Gasteiger partial charge in [0.15, 0.2) is 17.3 Å². The van der Waals surface area contributed by atoms with Crippen molar-refractivity contribution < 1.29 is 31.5 Å². The monoisotopic (exact) mass is 595 g/mol. The van der Waals surface area contributed by atoms with Gasteiger partial charge in [-0.3, -0.25) is 4.79 Å². The van der Waals surface area contributed by atoms with Gasteiger partial charge in [-0.25, -0.2) is 23.4 Å². The van der Waals surface area contributed by atoms with Crippen molar-refractivity contribution >= 4 is 49.1 Å². The number of nitrogens with zero attached hydrogens (tertiary/aromatic N) is 4. The molecule has 14 heteroatoms. The van der Waals surface area contributed by atoms with E-state index in [9.17, 15) is 26.7 Å². The molecule has 0 unspecified atom stereocenters. The number of ether oxygens (including phenoxy) is 1. The molecule has 1 N–H and O–H groups in total. The molecule has 2 aromatic carbocycles. The average Bonchev–Trinajstić information content (AvgIpc) is 3.45. The third kappa shape index (κ3) is 5.02. The molecule has 37 heavy (non-hydrogen) atoms. The molecule has 3 aromatic heterocycles. The smallest absolute Gasteiger partial charge is 0.434 e. The highest BCUT2D eigenvalue weighted by molar-refractivity contribution is 9.11. The molecule has 0 atom stereocenters. The molecule has 5 rings (SSSR count). The number of carbonyl (C=O) groups excluding carboxylic acids is 1. The quantitative estimate of drug-likeness (QED) is 0.222. The zero-order chi connectivity index (χ0) is 26.3. The van der Waals surface area contributed by atoms with Crippen LogP contribution in [-0.4, -0.2) is 25.7 Å². The van der Waals surface area contributed by atoms with Gasteiger partial charge in [-0.1, -0.05) is 0 Å². The minimum absolute atomic E-state index is 0.100. The number of hydrogen-bond acceptors (Lipinski definition) is 6. The summed E-state index contributed by atoms with van der Waals surface area (Å²) in [6.07, 6.45) is -2.98. The van der Waals surface area contributed by atoms with E-state index in [1.807, 2.05) is 0 Å². The zero-order valence-corrected chi connectivity index (χ0v) is 20.5. The van der Waals surface area contributed by atoms with Crippen LogP contribution in [0.1, 0.15) is 16.1 Å². The Bertz CT molecular complexity index is 1640. The van der Waals surface area contributed by atoms with E-state index < -0.39 is 35.0 Å². The standard InChI is InChI=1S/C23H11BrF5N5O2S/c24-18-8-16-19(37-18)22(31-10-30-16)36-17-6-3-12(7-15(17)26)33-21(35)14-9-32-34(20(14)23(27,28)29)13-4-1-11(25)2-5-13/h1-10H,(H,33,35). The highest BCUT2D eigenvalue weighted by Crippen LogP contribution is 2.37. The predicted molar refractivity (Wildman–Crippen MR) is 128 cm³/mol. The van der Waals surface area contributed by atoms with Gasteiger partial charge in [0.05, 0.1) is 26.8 Å². The summed E-state index contributed by atoms with van der Waals surface area (Å²) in [4.78, 5) is 20.8. The number of hydrogen-bond donors (Lipinski definition) is 1. The Morgan fingerprint density at radius 2 is 1.81 bits per heavy atom. The van der Waals surface area contributed by atoms with Crippen molar-refractivity contribution in [1.82, 2.24) is 19.7 Å². The first-order chi connectivity index (χ1) is 17.6. The first-order valence-corrected chi connectivity index (χ1v) is 11.8. The Hall–Kier alpha value is -3.91. The van der Waals surface area contributed by atoms with E-state index in [1.165, 1.54) is 29.8 Å². The Morgan fingerprint density at radius 3 is 2.51 bits per heavy atom. The van der Waals surface area contributed by atoms with Gasteiger partial charge in [0.25, 0.3) is 5.91 Å². The first-order valence-electron chi connectivity index (χ1n) is 10.2. The second-order valence-electron chi connectivity index (χ2n) is 7.44. The van der Waals surface area contributed by atoms with Crippen molar-refractivity contribution in [3.8, 4) is 17.3 Å². The van der Waals surface area contributed by atoms with Crippen LogP contribution in [0, 0.1) is 11.6 Å². The van der Waals surface area contributed by atoms with E-state index in [-0.39, 0.29) is 23.0 Å². The highest BCUT2D eigenvalue weighted by atomic mass is 79.9. The summed E-state index contributed by atoms with van der Waals surface area (Å²) in [6, 6.07) is 9.22. The molecule has 0 aliphatic carbocycles. The van der Waals surface area contributed by atoms with Gasteiger partial charge < -0.3 is 10.1 Å². The molecular formula is C23H11BrF5N5O2S. The summed E-state index contributed by atoms with van der Waals surface area (Å²) in [7, 11) is 0. The Morgan fingerprint density at radius 1 is 1.05 bits per heavy atom. The molecule has 1 amide bonds. The predicted octanol–water partition coefficient (Wildman–Crippen LogP) is 6.98. The summed E-state index contributed by atoms with van der Waals surface area (Å²) >= 11 is 4.62. The number of carbonyl (C=O) groups is 1. The van der Waals surface area contributed by atoms with Crippen molar-refractivity contribution in [2.75, 3.05) is 5.32 Å². The van der Waals surface area contributed by atoms with E-state index in [4.69, 9.17) is 4.74 Å². The van der Waals surface area contributed by atoms with Crippen LogP contribution in [0.15, 0.2) is 64.8 Å². The van der Waals surface area contributed by atoms with Crippen LogP contribution in [0.25, 0.3) is 15.9 Å². The lowest BCUT2D eigenvalue weighted by Gasteiger charge is -2.13. The highest BCUT2D eigenvalue weighted by Gasteiger charge is 2.40. The third-order valence-electron chi connectivity index (χ3n) is 5.00. The van der Waals surface area contributed by atoms with Gasteiger partial charge in [0.1, 0.15) is 16.8 Å². The molecular weight excluding hydrogens is 585 g/mol. The summed E-state index contributed by atoms with van der Waals surface area (Å²) in [6.45, 7) is 0. The van der Waals surface area contributed by atoms with Crippen LogP contribution < -0.4 is 10.1 Å². The van der Waals surface area contributed by atoms with Gasteiger partial charge in [-0.2, -0.15) is 18.3 Å². The molecule has 7 nitrogen and oxygen atoms in total. The SMILES string of the molecule is O=C(Nc1ccc(Oc2ncnc3cc(Br)sc23)c(F)c1)c1cnn(-c2ccc(F)cc2)c1C(F)(F)F. The molecule has 0 bridgehead atoms. The molecule has 3 heterocycles. The third-order valence-corrected chi connectivity index (χ3v) is 6.61. The number of halogens is 6. The number of thiophene rings is 1. The maximum absolute atomic E-state index is 14.8. The van der Waals surface area contributed by atoms with Crippen molar-refractivity contribution in [2.45, 2.75) is 6.18 Å². The summed E-state index contributed by atoms with van der Waals surface area (Å²) < 4.78 is 76.9. The number of aromatic nitrogens is 4. The molecule has 0 aliphatic heterocycles. The van der Waals surface area contributed by atoms with Gasteiger partial charge in [-0.05, 0) is 58.4 Å². The Kier molecular flexibility index (Phi) is 6.37. The van der Waals surface area contributed by atoms with Crippen LogP contribution in [-0.2, 0) is 6.18 Å². The zero-order valence-electron chi connectivity index (χ0n) is 18.1. The second-order valence-corrected chi connectivity index (χ2v) is 9.87. The van der Waals surface area contributed by atoms with Crippen LogP contribution in [0.3, 0.4) is 0 Å². The van der Waals surface area contributed by atoms with E-state index >= 15 is 0 Å². The van der Waals surface area contributed by atoms with E-state index in [2.05, 4.69) is 36.3 Å². The van der Waals surface area contributed by atoms with E-state index in [0.29, 0.717) is 14.9 Å². The number of nitrogens with one attached hydrogen (secondary N) is 1. The number of alkyl halides is 3. The number of rotatable bonds is 5. The van der Waals surface area contributed by atoms with Crippen LogP contribution in [0.5, 0.6) is 11.6 Å². The maximum atomic E-state index is 14.8. The molecule has 0 radical (unpaired) electrons. The second kappa shape index (κ2) is 9.52. The Balaban J connectivity index is 1.40. The molecule has 0 saturated heterocycles. The topological polar surface area (TPSA) is 81.9 Å². The minimum Gasteiger partial charge on any atom is -0.434 e. The fourth-order valence-electron chi connectivity index (χ4n) is 3.41. The lowest BCUT2D eigenvalue weighted by Crippen LogP contribution is -2.20. The number of fused-ring (bicyclic) bond motifs is 1. The van der Waals surface area contributed by atoms with E-state index in [1.54, 1.807) is 6.07 Å². The maximum Gasteiger partial charge on any atom is 0.434 e. The molecule has 0 spiro atoms. The van der Waals surface area contributed by atoms with Crippen molar-refractivity contribution in [1.29, 1.82) is 0 Å². The lowest BCUT2D eigenvalue weighted by molar-refractivity contribution is -0.143.